The lowest BCUT2D eigenvalue weighted by atomic mass is 10.1. The van der Waals surface area contributed by atoms with Crippen molar-refractivity contribution in [1.29, 1.82) is 0 Å². The van der Waals surface area contributed by atoms with Gasteiger partial charge in [0.15, 0.2) is 0 Å². The number of hydrogen-bond donors (Lipinski definition) is 3. The van der Waals surface area contributed by atoms with Gasteiger partial charge in [-0.1, -0.05) is 19.9 Å². The molecule has 5 heteroatoms. The van der Waals surface area contributed by atoms with Gasteiger partial charge in [0.2, 0.25) is 0 Å². The van der Waals surface area contributed by atoms with Crippen LogP contribution in [0.2, 0.25) is 0 Å². The fraction of sp³-hybridized carbons (Fsp3) is 0.333. The van der Waals surface area contributed by atoms with Crippen molar-refractivity contribution < 1.29 is 14.7 Å². The highest BCUT2D eigenvalue weighted by atomic mass is 16.4. The SMILES string of the molecule is CCCNC(=O)Nc1ccc(/C=C/C(=O)O)cc1CC. The van der Waals surface area contributed by atoms with Crippen LogP contribution >= 0.6 is 0 Å². The molecular formula is C15H20N2O3. The van der Waals surface area contributed by atoms with E-state index in [1.54, 1.807) is 12.1 Å². The van der Waals surface area contributed by atoms with Crippen LogP contribution in [-0.2, 0) is 11.2 Å². The standard InChI is InChI=1S/C15H20N2O3/c1-3-9-16-15(20)17-13-7-5-11(6-8-14(18)19)10-12(13)4-2/h5-8,10H,3-4,9H2,1-2H3,(H,18,19)(H2,16,17,20)/b8-6+. The molecule has 0 saturated carbocycles. The summed E-state index contributed by atoms with van der Waals surface area (Å²) in [6.07, 6.45) is 4.25. The molecule has 0 heterocycles. The van der Waals surface area contributed by atoms with Crippen molar-refractivity contribution in [1.82, 2.24) is 5.32 Å². The van der Waals surface area contributed by atoms with Gasteiger partial charge in [0.25, 0.3) is 0 Å². The number of nitrogens with one attached hydrogen (secondary N) is 2. The van der Waals surface area contributed by atoms with Gasteiger partial charge < -0.3 is 15.7 Å². The minimum absolute atomic E-state index is 0.227. The average Bonchev–Trinajstić information content (AvgIpc) is 2.43. The van der Waals surface area contributed by atoms with Crippen LogP contribution in [0.3, 0.4) is 0 Å². The van der Waals surface area contributed by atoms with E-state index in [2.05, 4.69) is 10.6 Å². The van der Waals surface area contributed by atoms with Crippen LogP contribution in [0, 0.1) is 0 Å². The first-order chi connectivity index (χ1) is 9.56. The Morgan fingerprint density at radius 2 is 2.05 bits per heavy atom. The molecule has 1 rings (SSSR count). The van der Waals surface area contributed by atoms with Crippen molar-refractivity contribution in [2.24, 2.45) is 0 Å². The summed E-state index contributed by atoms with van der Waals surface area (Å²) in [5, 5.41) is 14.1. The Hall–Kier alpha value is -2.30. The molecule has 0 aliphatic heterocycles. The van der Waals surface area contributed by atoms with E-state index < -0.39 is 5.97 Å². The fourth-order valence-electron chi connectivity index (χ4n) is 1.70. The minimum Gasteiger partial charge on any atom is -0.478 e. The number of hydrogen-bond acceptors (Lipinski definition) is 2. The fourth-order valence-corrected chi connectivity index (χ4v) is 1.70. The van der Waals surface area contributed by atoms with Gasteiger partial charge in [-0.25, -0.2) is 9.59 Å². The first-order valence-electron chi connectivity index (χ1n) is 6.65. The first kappa shape index (κ1) is 15.8. The topological polar surface area (TPSA) is 78.4 Å². The van der Waals surface area contributed by atoms with Gasteiger partial charge in [-0.15, -0.1) is 0 Å². The molecule has 20 heavy (non-hydrogen) atoms. The summed E-state index contributed by atoms with van der Waals surface area (Å²) in [6.45, 7) is 4.60. The number of rotatable bonds is 6. The van der Waals surface area contributed by atoms with Gasteiger partial charge in [0.05, 0.1) is 0 Å². The van der Waals surface area contributed by atoms with E-state index in [1.165, 1.54) is 6.08 Å². The van der Waals surface area contributed by atoms with Gasteiger partial charge in [-0.2, -0.15) is 0 Å². The van der Waals surface area contributed by atoms with E-state index in [9.17, 15) is 9.59 Å². The number of carbonyl (C=O) groups is 2. The highest BCUT2D eigenvalue weighted by molar-refractivity contribution is 5.90. The predicted octanol–water partition coefficient (Wildman–Crippen LogP) is 2.88. The van der Waals surface area contributed by atoms with Crippen molar-refractivity contribution >= 4 is 23.8 Å². The summed E-state index contributed by atoms with van der Waals surface area (Å²) in [6, 6.07) is 5.20. The highest BCUT2D eigenvalue weighted by Gasteiger charge is 2.05. The molecule has 0 bridgehead atoms. The van der Waals surface area contributed by atoms with Crippen molar-refractivity contribution in [3.63, 3.8) is 0 Å². The first-order valence-corrected chi connectivity index (χ1v) is 6.65. The number of carboxylic acids is 1. The number of urea groups is 1. The monoisotopic (exact) mass is 276 g/mol. The highest BCUT2D eigenvalue weighted by Crippen LogP contribution is 2.19. The van der Waals surface area contributed by atoms with Crippen molar-refractivity contribution in [3.8, 4) is 0 Å². The Morgan fingerprint density at radius 1 is 1.30 bits per heavy atom. The smallest absolute Gasteiger partial charge is 0.328 e. The van der Waals surface area contributed by atoms with Crippen molar-refractivity contribution in [2.75, 3.05) is 11.9 Å². The van der Waals surface area contributed by atoms with E-state index in [0.29, 0.717) is 6.54 Å². The summed E-state index contributed by atoms with van der Waals surface area (Å²) in [5.41, 5.74) is 2.50. The minimum atomic E-state index is -0.982. The number of carbonyl (C=O) groups excluding carboxylic acids is 1. The van der Waals surface area contributed by atoms with Gasteiger partial charge in [0.1, 0.15) is 0 Å². The van der Waals surface area contributed by atoms with Gasteiger partial charge in [-0.05, 0) is 42.2 Å². The van der Waals surface area contributed by atoms with E-state index >= 15 is 0 Å². The zero-order valence-electron chi connectivity index (χ0n) is 11.8. The zero-order chi connectivity index (χ0) is 15.0. The Bertz CT molecular complexity index is 510. The summed E-state index contributed by atoms with van der Waals surface area (Å²) < 4.78 is 0. The molecule has 0 aliphatic rings. The van der Waals surface area contributed by atoms with E-state index in [1.807, 2.05) is 19.9 Å². The largest absolute Gasteiger partial charge is 0.478 e. The van der Waals surface area contributed by atoms with Crippen LogP contribution in [0.25, 0.3) is 6.08 Å². The second kappa shape index (κ2) is 7.99. The molecule has 0 fully saturated rings. The number of anilines is 1. The molecule has 0 unspecified atom stereocenters. The third kappa shape index (κ3) is 5.14. The zero-order valence-corrected chi connectivity index (χ0v) is 11.8. The Morgan fingerprint density at radius 3 is 2.65 bits per heavy atom. The molecule has 1 aromatic carbocycles. The van der Waals surface area contributed by atoms with E-state index in [0.717, 1.165) is 35.7 Å². The van der Waals surface area contributed by atoms with Crippen LogP contribution in [0.1, 0.15) is 31.4 Å². The van der Waals surface area contributed by atoms with Crippen LogP contribution < -0.4 is 10.6 Å². The molecule has 108 valence electrons. The Kier molecular flexibility index (Phi) is 6.29. The van der Waals surface area contributed by atoms with Crippen LogP contribution in [-0.4, -0.2) is 23.7 Å². The number of amides is 2. The van der Waals surface area contributed by atoms with E-state index in [4.69, 9.17) is 5.11 Å². The Labute approximate surface area is 118 Å². The third-order valence-corrected chi connectivity index (χ3v) is 2.71. The van der Waals surface area contributed by atoms with E-state index in [-0.39, 0.29) is 6.03 Å². The maximum Gasteiger partial charge on any atom is 0.328 e. The van der Waals surface area contributed by atoms with Crippen LogP contribution in [0.15, 0.2) is 24.3 Å². The number of aryl methyl sites for hydroxylation is 1. The second-order valence-electron chi connectivity index (χ2n) is 4.32. The summed E-state index contributed by atoms with van der Waals surface area (Å²) in [7, 11) is 0. The molecule has 3 N–H and O–H groups in total. The molecule has 0 atom stereocenters. The van der Waals surface area contributed by atoms with Crippen LogP contribution in [0.5, 0.6) is 0 Å². The Balaban J connectivity index is 2.82. The maximum absolute atomic E-state index is 11.6. The molecule has 2 amide bonds. The normalized spacial score (nSPS) is 10.5. The lowest BCUT2D eigenvalue weighted by molar-refractivity contribution is -0.131. The second-order valence-corrected chi connectivity index (χ2v) is 4.32. The summed E-state index contributed by atoms with van der Waals surface area (Å²) in [5.74, 6) is -0.982. The molecule has 0 saturated heterocycles. The molecule has 0 aromatic heterocycles. The number of aliphatic carboxylic acids is 1. The number of benzene rings is 1. The van der Waals surface area contributed by atoms with Crippen molar-refractivity contribution in [2.45, 2.75) is 26.7 Å². The van der Waals surface area contributed by atoms with Crippen LogP contribution in [0.4, 0.5) is 10.5 Å². The number of carboxylic acid groups (broad SMARTS) is 1. The maximum atomic E-state index is 11.6. The summed E-state index contributed by atoms with van der Waals surface area (Å²) in [4.78, 5) is 22.1. The van der Waals surface area contributed by atoms with Gasteiger partial charge >= 0.3 is 12.0 Å². The third-order valence-electron chi connectivity index (χ3n) is 2.71. The molecule has 0 aliphatic carbocycles. The molecule has 1 aromatic rings. The summed E-state index contributed by atoms with van der Waals surface area (Å²) >= 11 is 0. The quantitative estimate of drug-likeness (QED) is 0.699. The lowest BCUT2D eigenvalue weighted by Gasteiger charge is -2.11. The molecule has 0 spiro atoms. The molecule has 5 nitrogen and oxygen atoms in total. The van der Waals surface area contributed by atoms with Gasteiger partial charge in [0, 0.05) is 18.3 Å². The molecular weight excluding hydrogens is 256 g/mol. The predicted molar refractivity (Wildman–Crippen MR) is 79.8 cm³/mol. The average molecular weight is 276 g/mol. The van der Waals surface area contributed by atoms with Crippen molar-refractivity contribution in [3.05, 3.63) is 35.4 Å². The van der Waals surface area contributed by atoms with Gasteiger partial charge in [-0.3, -0.25) is 0 Å². The molecule has 0 radical (unpaired) electrons. The lowest BCUT2D eigenvalue weighted by Crippen LogP contribution is -2.29.